The molecule has 2 N–H and O–H groups in total. The van der Waals surface area contributed by atoms with E-state index in [9.17, 15) is 0 Å². The van der Waals surface area contributed by atoms with E-state index < -0.39 is 0 Å². The monoisotopic (exact) mass is 230 g/mol. The van der Waals surface area contributed by atoms with Gasteiger partial charge in [0.05, 0.1) is 6.04 Å². The van der Waals surface area contributed by atoms with E-state index in [-0.39, 0.29) is 6.04 Å². The molecule has 1 aromatic heterocycles. The lowest BCUT2D eigenvalue weighted by molar-refractivity contribution is 0.573. The normalized spacial score (nSPS) is 12.6. The Morgan fingerprint density at radius 3 is 2.94 bits per heavy atom. The zero-order valence-electron chi connectivity index (χ0n) is 10.3. The maximum absolute atomic E-state index is 4.25. The Hall–Kier alpha value is -1.68. The van der Waals surface area contributed by atoms with Crippen LogP contribution in [0, 0.1) is 6.92 Å². The number of hydrogen-bond acceptors (Lipinski definition) is 3. The lowest BCUT2D eigenvalue weighted by atomic mass is 10.0. The molecule has 1 heterocycles. The number of aromatic nitrogens is 3. The van der Waals surface area contributed by atoms with Crippen LogP contribution in [0.3, 0.4) is 0 Å². The molecule has 0 bridgehead atoms. The average molecular weight is 230 g/mol. The summed E-state index contributed by atoms with van der Waals surface area (Å²) in [6, 6.07) is 8.55. The fourth-order valence-corrected chi connectivity index (χ4v) is 1.86. The highest BCUT2D eigenvalue weighted by atomic mass is 15.2. The molecule has 4 heteroatoms. The quantitative estimate of drug-likeness (QED) is 0.828. The van der Waals surface area contributed by atoms with Crippen molar-refractivity contribution in [3.05, 3.63) is 47.5 Å². The maximum Gasteiger partial charge on any atom is 0.145 e. The third-order valence-electron chi connectivity index (χ3n) is 2.68. The molecule has 0 radical (unpaired) electrons. The zero-order valence-corrected chi connectivity index (χ0v) is 10.3. The van der Waals surface area contributed by atoms with Gasteiger partial charge in [-0.3, -0.25) is 5.10 Å². The molecule has 0 amide bonds. The van der Waals surface area contributed by atoms with E-state index in [0.717, 1.165) is 18.8 Å². The smallest absolute Gasteiger partial charge is 0.145 e. The van der Waals surface area contributed by atoms with Crippen LogP contribution in [0.2, 0.25) is 0 Å². The van der Waals surface area contributed by atoms with Crippen LogP contribution in [0.25, 0.3) is 0 Å². The molecule has 0 aliphatic rings. The molecule has 2 rings (SSSR count). The number of rotatable bonds is 5. The van der Waals surface area contributed by atoms with Crippen LogP contribution in [0.4, 0.5) is 0 Å². The molecule has 90 valence electrons. The third kappa shape index (κ3) is 2.91. The second-order valence-corrected chi connectivity index (χ2v) is 4.17. The molecule has 1 aromatic carbocycles. The minimum atomic E-state index is 0.0948. The van der Waals surface area contributed by atoms with Crippen molar-refractivity contribution in [1.29, 1.82) is 0 Å². The van der Waals surface area contributed by atoms with Gasteiger partial charge in [0.2, 0.25) is 0 Å². The molecule has 0 saturated carbocycles. The Labute approximate surface area is 101 Å². The Balaban J connectivity index is 2.27. The highest BCUT2D eigenvalue weighted by Gasteiger charge is 2.15. The third-order valence-corrected chi connectivity index (χ3v) is 2.68. The van der Waals surface area contributed by atoms with Crippen LogP contribution >= 0.6 is 0 Å². The van der Waals surface area contributed by atoms with E-state index in [4.69, 9.17) is 0 Å². The highest BCUT2D eigenvalue weighted by Crippen LogP contribution is 2.19. The number of aromatic amines is 1. The molecule has 0 fully saturated rings. The highest BCUT2D eigenvalue weighted by molar-refractivity contribution is 5.28. The molecule has 0 aliphatic carbocycles. The summed E-state index contributed by atoms with van der Waals surface area (Å²) in [7, 11) is 0. The van der Waals surface area contributed by atoms with Crippen LogP contribution in [0.15, 0.2) is 30.6 Å². The van der Waals surface area contributed by atoms with Gasteiger partial charge < -0.3 is 5.32 Å². The van der Waals surface area contributed by atoms with Gasteiger partial charge in [0, 0.05) is 0 Å². The molecule has 17 heavy (non-hydrogen) atoms. The number of nitrogens with zero attached hydrogens (tertiary/aromatic N) is 2. The molecular weight excluding hydrogens is 212 g/mol. The number of nitrogens with one attached hydrogen (secondary N) is 2. The zero-order chi connectivity index (χ0) is 12.1. The Morgan fingerprint density at radius 2 is 2.29 bits per heavy atom. The first-order valence-corrected chi connectivity index (χ1v) is 5.96. The van der Waals surface area contributed by atoms with Crippen molar-refractivity contribution < 1.29 is 0 Å². The number of H-pyrrole nitrogens is 1. The minimum Gasteiger partial charge on any atom is -0.304 e. The van der Waals surface area contributed by atoms with Gasteiger partial charge in [-0.15, -0.1) is 0 Å². The van der Waals surface area contributed by atoms with Crippen molar-refractivity contribution in [3.8, 4) is 0 Å². The molecule has 1 atom stereocenters. The molecule has 4 nitrogen and oxygen atoms in total. The van der Waals surface area contributed by atoms with Crippen molar-refractivity contribution in [1.82, 2.24) is 20.5 Å². The van der Waals surface area contributed by atoms with Gasteiger partial charge in [-0.1, -0.05) is 36.8 Å². The van der Waals surface area contributed by atoms with E-state index in [1.54, 1.807) is 6.33 Å². The average Bonchev–Trinajstić information content (AvgIpc) is 2.83. The summed E-state index contributed by atoms with van der Waals surface area (Å²) in [5.74, 6) is 0.865. The van der Waals surface area contributed by atoms with Crippen LogP contribution < -0.4 is 5.32 Å². The van der Waals surface area contributed by atoms with E-state index in [1.165, 1.54) is 11.1 Å². The van der Waals surface area contributed by atoms with Gasteiger partial charge in [-0.05, 0) is 25.5 Å². The van der Waals surface area contributed by atoms with E-state index in [2.05, 4.69) is 58.6 Å². The summed E-state index contributed by atoms with van der Waals surface area (Å²) < 4.78 is 0. The Kier molecular flexibility index (Phi) is 3.88. The molecule has 0 saturated heterocycles. The Bertz CT molecular complexity index is 450. The van der Waals surface area contributed by atoms with Gasteiger partial charge in [0.1, 0.15) is 12.2 Å². The van der Waals surface area contributed by atoms with Gasteiger partial charge in [-0.2, -0.15) is 5.10 Å². The second-order valence-electron chi connectivity index (χ2n) is 4.17. The van der Waals surface area contributed by atoms with Gasteiger partial charge in [0.25, 0.3) is 0 Å². The number of hydrogen-bond donors (Lipinski definition) is 2. The topological polar surface area (TPSA) is 53.6 Å². The lowest BCUT2D eigenvalue weighted by Gasteiger charge is -2.16. The largest absolute Gasteiger partial charge is 0.304 e. The summed E-state index contributed by atoms with van der Waals surface area (Å²) in [6.07, 6.45) is 2.64. The van der Waals surface area contributed by atoms with Crippen molar-refractivity contribution in [2.45, 2.75) is 26.3 Å². The lowest BCUT2D eigenvalue weighted by Crippen LogP contribution is -2.24. The first-order chi connectivity index (χ1) is 8.31. The standard InChI is InChI=1S/C13H18N4/c1-3-7-14-12(13-15-9-16-17-13)11-6-4-5-10(2)8-11/h4-6,8-9,12,14H,3,7H2,1-2H3,(H,15,16,17). The van der Waals surface area contributed by atoms with Gasteiger partial charge >= 0.3 is 0 Å². The van der Waals surface area contributed by atoms with Gasteiger partial charge in [-0.25, -0.2) is 4.98 Å². The van der Waals surface area contributed by atoms with Crippen LogP contribution in [0.1, 0.15) is 36.3 Å². The summed E-state index contributed by atoms with van der Waals surface area (Å²) in [4.78, 5) is 4.25. The van der Waals surface area contributed by atoms with E-state index in [1.807, 2.05) is 0 Å². The molecule has 2 aromatic rings. The van der Waals surface area contributed by atoms with E-state index >= 15 is 0 Å². The molecule has 1 unspecified atom stereocenters. The fourth-order valence-electron chi connectivity index (χ4n) is 1.86. The predicted molar refractivity (Wildman–Crippen MR) is 67.7 cm³/mol. The van der Waals surface area contributed by atoms with E-state index in [0.29, 0.717) is 0 Å². The Morgan fingerprint density at radius 1 is 1.41 bits per heavy atom. The summed E-state index contributed by atoms with van der Waals surface area (Å²) in [6.45, 7) is 5.21. The molecular formula is C13H18N4. The summed E-state index contributed by atoms with van der Waals surface area (Å²) in [5.41, 5.74) is 2.47. The van der Waals surface area contributed by atoms with Crippen molar-refractivity contribution in [3.63, 3.8) is 0 Å². The van der Waals surface area contributed by atoms with Gasteiger partial charge in [0.15, 0.2) is 0 Å². The van der Waals surface area contributed by atoms with Crippen LogP contribution in [-0.4, -0.2) is 21.7 Å². The maximum atomic E-state index is 4.25. The fraction of sp³-hybridized carbons (Fsp3) is 0.385. The van der Waals surface area contributed by atoms with Crippen LogP contribution in [-0.2, 0) is 0 Å². The summed E-state index contributed by atoms with van der Waals surface area (Å²) >= 11 is 0. The predicted octanol–water partition coefficient (Wildman–Crippen LogP) is 2.20. The first-order valence-electron chi connectivity index (χ1n) is 5.96. The molecule has 0 aliphatic heterocycles. The minimum absolute atomic E-state index is 0.0948. The molecule has 0 spiro atoms. The van der Waals surface area contributed by atoms with Crippen LogP contribution in [0.5, 0.6) is 0 Å². The number of aryl methyl sites for hydroxylation is 1. The van der Waals surface area contributed by atoms with Crippen molar-refractivity contribution >= 4 is 0 Å². The second kappa shape index (κ2) is 5.59. The van der Waals surface area contributed by atoms with Crippen molar-refractivity contribution in [2.75, 3.05) is 6.54 Å². The first kappa shape index (κ1) is 11.8. The number of benzene rings is 1. The SMILES string of the molecule is CCCNC(c1cccc(C)c1)c1ncn[nH]1. The van der Waals surface area contributed by atoms with Crippen molar-refractivity contribution in [2.24, 2.45) is 0 Å². The summed E-state index contributed by atoms with van der Waals surface area (Å²) in [5, 5.41) is 10.3.